The summed E-state index contributed by atoms with van der Waals surface area (Å²) in [5.41, 5.74) is 0. The summed E-state index contributed by atoms with van der Waals surface area (Å²) >= 11 is 0. The average Bonchev–Trinajstić information content (AvgIpc) is 2.75. The summed E-state index contributed by atoms with van der Waals surface area (Å²) < 4.78 is 2.31. The third-order valence-electron chi connectivity index (χ3n) is 3.74. The van der Waals surface area contributed by atoms with Crippen LogP contribution in [0.15, 0.2) is 12.4 Å². The molecule has 90 valence electrons. The second kappa shape index (κ2) is 5.48. The number of aromatic nitrogens is 2. The molecule has 1 aliphatic rings. The SMILES string of the molecule is CCc1nccn1CCC1CCCCN1C. The normalized spacial score (nSPS) is 22.5. The number of imidazole rings is 1. The van der Waals surface area contributed by atoms with E-state index in [1.807, 2.05) is 6.20 Å². The maximum atomic E-state index is 4.37. The van der Waals surface area contributed by atoms with Gasteiger partial charge in [0.1, 0.15) is 5.82 Å². The molecule has 1 unspecified atom stereocenters. The van der Waals surface area contributed by atoms with E-state index in [0.717, 1.165) is 19.0 Å². The highest BCUT2D eigenvalue weighted by molar-refractivity contribution is 4.92. The summed E-state index contributed by atoms with van der Waals surface area (Å²) in [7, 11) is 2.26. The molecule has 16 heavy (non-hydrogen) atoms. The number of piperidine rings is 1. The molecule has 3 heteroatoms. The first-order valence-electron chi connectivity index (χ1n) is 6.51. The minimum atomic E-state index is 0.779. The van der Waals surface area contributed by atoms with Crippen molar-refractivity contribution in [3.05, 3.63) is 18.2 Å². The van der Waals surface area contributed by atoms with Gasteiger partial charge in [-0.1, -0.05) is 13.3 Å². The second-order valence-corrected chi connectivity index (χ2v) is 4.81. The van der Waals surface area contributed by atoms with Gasteiger partial charge >= 0.3 is 0 Å². The van der Waals surface area contributed by atoms with Crippen molar-refractivity contribution in [2.24, 2.45) is 0 Å². The highest BCUT2D eigenvalue weighted by Gasteiger charge is 2.18. The fraction of sp³-hybridized carbons (Fsp3) is 0.769. The van der Waals surface area contributed by atoms with Crippen molar-refractivity contribution in [1.82, 2.24) is 14.5 Å². The quantitative estimate of drug-likeness (QED) is 0.778. The van der Waals surface area contributed by atoms with Gasteiger partial charge in [-0.15, -0.1) is 0 Å². The Morgan fingerprint density at radius 2 is 2.31 bits per heavy atom. The molecule has 0 amide bonds. The first-order valence-corrected chi connectivity index (χ1v) is 6.51. The van der Waals surface area contributed by atoms with Crippen molar-refractivity contribution in [2.75, 3.05) is 13.6 Å². The van der Waals surface area contributed by atoms with Gasteiger partial charge in [0.15, 0.2) is 0 Å². The van der Waals surface area contributed by atoms with Crippen LogP contribution in [0.2, 0.25) is 0 Å². The van der Waals surface area contributed by atoms with Crippen LogP contribution in [0.25, 0.3) is 0 Å². The molecule has 0 aromatic carbocycles. The zero-order valence-corrected chi connectivity index (χ0v) is 10.5. The van der Waals surface area contributed by atoms with E-state index < -0.39 is 0 Å². The van der Waals surface area contributed by atoms with Crippen LogP contribution >= 0.6 is 0 Å². The fourth-order valence-corrected chi connectivity index (χ4v) is 2.65. The van der Waals surface area contributed by atoms with E-state index in [0.29, 0.717) is 0 Å². The monoisotopic (exact) mass is 221 g/mol. The Kier molecular flexibility index (Phi) is 3.99. The van der Waals surface area contributed by atoms with Gasteiger partial charge in [-0.3, -0.25) is 0 Å². The number of hydrogen-bond acceptors (Lipinski definition) is 2. The minimum Gasteiger partial charge on any atom is -0.335 e. The van der Waals surface area contributed by atoms with Gasteiger partial charge in [0, 0.05) is 31.4 Å². The van der Waals surface area contributed by atoms with E-state index in [1.54, 1.807) is 0 Å². The van der Waals surface area contributed by atoms with Crippen LogP contribution < -0.4 is 0 Å². The Bertz CT molecular complexity index is 319. The van der Waals surface area contributed by atoms with E-state index in [4.69, 9.17) is 0 Å². The first-order chi connectivity index (χ1) is 7.81. The molecule has 1 aromatic rings. The van der Waals surface area contributed by atoms with E-state index in [-0.39, 0.29) is 0 Å². The summed E-state index contributed by atoms with van der Waals surface area (Å²) in [6.07, 6.45) is 10.5. The van der Waals surface area contributed by atoms with Crippen molar-refractivity contribution in [3.63, 3.8) is 0 Å². The number of hydrogen-bond donors (Lipinski definition) is 0. The maximum absolute atomic E-state index is 4.37. The summed E-state index contributed by atoms with van der Waals surface area (Å²) in [6, 6.07) is 0.779. The molecule has 0 aliphatic carbocycles. The van der Waals surface area contributed by atoms with Crippen molar-refractivity contribution >= 4 is 0 Å². The number of aryl methyl sites for hydroxylation is 2. The Balaban J connectivity index is 1.86. The van der Waals surface area contributed by atoms with Crippen LogP contribution in [0.5, 0.6) is 0 Å². The molecule has 0 spiro atoms. The van der Waals surface area contributed by atoms with Gasteiger partial charge in [0.05, 0.1) is 0 Å². The summed E-state index contributed by atoms with van der Waals surface area (Å²) in [5.74, 6) is 1.22. The van der Waals surface area contributed by atoms with E-state index in [9.17, 15) is 0 Å². The average molecular weight is 221 g/mol. The molecule has 2 rings (SSSR count). The third-order valence-corrected chi connectivity index (χ3v) is 3.74. The molecule has 1 aromatic heterocycles. The van der Waals surface area contributed by atoms with Crippen molar-refractivity contribution in [1.29, 1.82) is 0 Å². The van der Waals surface area contributed by atoms with Crippen LogP contribution in [0.3, 0.4) is 0 Å². The zero-order valence-electron chi connectivity index (χ0n) is 10.5. The summed E-state index contributed by atoms with van der Waals surface area (Å²) in [6.45, 7) is 4.57. The highest BCUT2D eigenvalue weighted by atomic mass is 15.1. The van der Waals surface area contributed by atoms with Crippen LogP contribution in [0, 0.1) is 0 Å². The van der Waals surface area contributed by atoms with Gasteiger partial charge < -0.3 is 9.47 Å². The van der Waals surface area contributed by atoms with Gasteiger partial charge in [0.25, 0.3) is 0 Å². The Morgan fingerprint density at radius 1 is 1.44 bits per heavy atom. The summed E-state index contributed by atoms with van der Waals surface area (Å²) in [5, 5.41) is 0. The van der Waals surface area contributed by atoms with Crippen LogP contribution in [-0.2, 0) is 13.0 Å². The lowest BCUT2D eigenvalue weighted by atomic mass is 10.0. The molecular weight excluding hydrogens is 198 g/mol. The molecule has 2 heterocycles. The smallest absolute Gasteiger partial charge is 0.108 e. The predicted octanol–water partition coefficient (Wildman–Crippen LogP) is 2.32. The number of nitrogens with zero attached hydrogens (tertiary/aromatic N) is 3. The molecule has 0 N–H and O–H groups in total. The molecule has 0 radical (unpaired) electrons. The topological polar surface area (TPSA) is 21.1 Å². The number of rotatable bonds is 4. The molecule has 1 aliphatic heterocycles. The van der Waals surface area contributed by atoms with Crippen molar-refractivity contribution < 1.29 is 0 Å². The van der Waals surface area contributed by atoms with E-state index in [2.05, 4.69) is 34.6 Å². The molecule has 1 atom stereocenters. The molecule has 1 fully saturated rings. The first kappa shape index (κ1) is 11.6. The lowest BCUT2D eigenvalue weighted by Gasteiger charge is -2.32. The van der Waals surface area contributed by atoms with Crippen molar-refractivity contribution in [3.8, 4) is 0 Å². The lowest BCUT2D eigenvalue weighted by Crippen LogP contribution is -2.36. The van der Waals surface area contributed by atoms with E-state index >= 15 is 0 Å². The van der Waals surface area contributed by atoms with Gasteiger partial charge in [-0.05, 0) is 32.9 Å². The maximum Gasteiger partial charge on any atom is 0.108 e. The second-order valence-electron chi connectivity index (χ2n) is 4.81. The van der Waals surface area contributed by atoms with Crippen molar-refractivity contribution in [2.45, 2.75) is 51.6 Å². The number of likely N-dealkylation sites (tertiary alicyclic amines) is 1. The van der Waals surface area contributed by atoms with Gasteiger partial charge in [-0.2, -0.15) is 0 Å². The molecule has 3 nitrogen and oxygen atoms in total. The molecular formula is C13H23N3. The lowest BCUT2D eigenvalue weighted by molar-refractivity contribution is 0.171. The molecule has 0 bridgehead atoms. The molecule has 0 saturated carbocycles. The van der Waals surface area contributed by atoms with Crippen LogP contribution in [-0.4, -0.2) is 34.1 Å². The van der Waals surface area contributed by atoms with E-state index in [1.165, 1.54) is 38.1 Å². The highest BCUT2D eigenvalue weighted by Crippen LogP contribution is 2.18. The Hall–Kier alpha value is -0.830. The largest absolute Gasteiger partial charge is 0.335 e. The minimum absolute atomic E-state index is 0.779. The third kappa shape index (κ3) is 2.64. The zero-order chi connectivity index (χ0) is 11.4. The Labute approximate surface area is 98.5 Å². The molecule has 1 saturated heterocycles. The van der Waals surface area contributed by atoms with Gasteiger partial charge in [-0.25, -0.2) is 4.98 Å². The van der Waals surface area contributed by atoms with Crippen LogP contribution in [0.1, 0.15) is 38.4 Å². The summed E-state index contributed by atoms with van der Waals surface area (Å²) in [4.78, 5) is 6.89. The predicted molar refractivity (Wildman–Crippen MR) is 66.5 cm³/mol. The van der Waals surface area contributed by atoms with Crippen LogP contribution in [0.4, 0.5) is 0 Å². The Morgan fingerprint density at radius 3 is 3.06 bits per heavy atom. The standard InChI is InChI=1S/C13H23N3/c1-3-13-14-8-11-16(13)10-7-12-6-4-5-9-15(12)2/h8,11-12H,3-7,9-10H2,1-2H3. The fourth-order valence-electron chi connectivity index (χ4n) is 2.65. The van der Waals surface area contributed by atoms with Gasteiger partial charge in [0.2, 0.25) is 0 Å².